The van der Waals surface area contributed by atoms with Gasteiger partial charge in [-0.2, -0.15) is 0 Å². The Balaban J connectivity index is 0. The molecule has 0 aliphatic carbocycles. The van der Waals surface area contributed by atoms with Crippen molar-refractivity contribution in [3.63, 3.8) is 0 Å². The van der Waals surface area contributed by atoms with Gasteiger partial charge in [0.15, 0.2) is 0 Å². The monoisotopic (exact) mass is 193 g/mol. The average Bonchev–Trinajstić information content (AvgIpc) is 2.14. The molecule has 1 nitrogen and oxygen atoms in total. The molecule has 0 aliphatic heterocycles. The minimum atomic E-state index is 1.10. The quantitative estimate of drug-likeness (QED) is 0.681. The maximum atomic E-state index is 4.50. The zero-order valence-corrected chi connectivity index (χ0v) is 10.1. The molecule has 0 heterocycles. The third kappa shape index (κ3) is 9.01. The Hall–Kier alpha value is -1.08. The maximum Gasteiger partial charge on any atom is -0.0195 e. The van der Waals surface area contributed by atoms with Crippen LogP contribution in [-0.2, 0) is 0 Å². The van der Waals surface area contributed by atoms with Crippen LogP contribution >= 0.6 is 0 Å². The zero-order valence-electron chi connectivity index (χ0n) is 10.1. The van der Waals surface area contributed by atoms with Crippen LogP contribution in [0.4, 0.5) is 0 Å². The zero-order chi connectivity index (χ0) is 11.6. The molecule has 0 bridgehead atoms. The Morgan fingerprint density at radius 1 is 1.07 bits per heavy atom. The average molecular weight is 193 g/mol. The maximum absolute atomic E-state index is 4.50. The molecule has 80 valence electrons. The Morgan fingerprint density at radius 2 is 1.57 bits per heavy atom. The SMILES string of the molecule is C=C(C)C(/C=C\C)=C\C=C(C)C.CN. The van der Waals surface area contributed by atoms with Crippen molar-refractivity contribution in [3.8, 4) is 0 Å². The van der Waals surface area contributed by atoms with E-state index in [0.29, 0.717) is 0 Å². The van der Waals surface area contributed by atoms with Crippen molar-refractivity contribution in [3.05, 3.63) is 47.6 Å². The Morgan fingerprint density at radius 3 is 1.86 bits per heavy atom. The molecule has 0 rings (SSSR count). The van der Waals surface area contributed by atoms with Gasteiger partial charge in [-0.05, 0) is 40.3 Å². The highest BCUT2D eigenvalue weighted by Gasteiger charge is 1.89. The lowest BCUT2D eigenvalue weighted by atomic mass is 10.1. The van der Waals surface area contributed by atoms with Crippen LogP contribution in [0.15, 0.2) is 47.6 Å². The summed E-state index contributed by atoms with van der Waals surface area (Å²) in [7, 11) is 1.50. The van der Waals surface area contributed by atoms with Crippen LogP contribution in [-0.4, -0.2) is 7.05 Å². The number of nitrogens with two attached hydrogens (primary N) is 1. The van der Waals surface area contributed by atoms with Crippen molar-refractivity contribution in [2.75, 3.05) is 7.05 Å². The van der Waals surface area contributed by atoms with Gasteiger partial charge in [0.25, 0.3) is 0 Å². The molecule has 2 N–H and O–H groups in total. The summed E-state index contributed by atoms with van der Waals surface area (Å²) in [5.41, 5.74) is 8.10. The smallest absolute Gasteiger partial charge is 0.0195 e. The molecule has 0 saturated heterocycles. The first-order valence-corrected chi connectivity index (χ1v) is 4.79. The van der Waals surface area contributed by atoms with Gasteiger partial charge in [-0.25, -0.2) is 0 Å². The molecule has 0 radical (unpaired) electrons. The third-order valence-corrected chi connectivity index (χ3v) is 1.44. The summed E-state index contributed by atoms with van der Waals surface area (Å²) in [6.07, 6.45) is 8.29. The molecule has 0 saturated carbocycles. The molecular weight excluding hydrogens is 170 g/mol. The molecule has 0 unspecified atom stereocenters. The van der Waals surface area contributed by atoms with Crippen molar-refractivity contribution in [2.45, 2.75) is 27.7 Å². The lowest BCUT2D eigenvalue weighted by Gasteiger charge is -1.97. The van der Waals surface area contributed by atoms with Gasteiger partial charge in [0.2, 0.25) is 0 Å². The largest absolute Gasteiger partial charge is 0.333 e. The predicted molar refractivity (Wildman–Crippen MR) is 67.3 cm³/mol. The van der Waals surface area contributed by atoms with Gasteiger partial charge in [0.1, 0.15) is 0 Å². The highest BCUT2D eigenvalue weighted by molar-refractivity contribution is 5.39. The lowest BCUT2D eigenvalue weighted by Crippen LogP contribution is -1.77. The standard InChI is InChI=1S/C12H18.CH5N/c1-6-7-12(11(4)5)9-8-10(2)3;1-2/h6-9H,4H2,1-3,5H3;2H2,1H3/b7-6-,12-9-;. The van der Waals surface area contributed by atoms with E-state index in [1.165, 1.54) is 18.2 Å². The van der Waals surface area contributed by atoms with Crippen molar-refractivity contribution in [1.82, 2.24) is 0 Å². The fraction of sp³-hybridized carbons (Fsp3) is 0.385. The van der Waals surface area contributed by atoms with Crippen molar-refractivity contribution < 1.29 is 0 Å². The van der Waals surface area contributed by atoms with E-state index in [9.17, 15) is 0 Å². The summed E-state index contributed by atoms with van der Waals surface area (Å²) in [6, 6.07) is 0. The van der Waals surface area contributed by atoms with E-state index in [1.807, 2.05) is 19.9 Å². The summed E-state index contributed by atoms with van der Waals surface area (Å²) < 4.78 is 0. The van der Waals surface area contributed by atoms with Crippen molar-refractivity contribution in [1.29, 1.82) is 0 Å². The first-order chi connectivity index (χ1) is 6.57. The van der Waals surface area contributed by atoms with Gasteiger partial charge in [0, 0.05) is 0 Å². The fourth-order valence-corrected chi connectivity index (χ4v) is 0.776. The molecule has 0 fully saturated rings. The Bertz CT molecular complexity index is 238. The summed E-state index contributed by atoms with van der Waals surface area (Å²) in [6.45, 7) is 12.1. The molecule has 1 heteroatoms. The molecule has 0 atom stereocenters. The molecule has 0 aromatic carbocycles. The molecule has 0 aromatic rings. The van der Waals surface area contributed by atoms with Gasteiger partial charge >= 0.3 is 0 Å². The van der Waals surface area contributed by atoms with E-state index in [-0.39, 0.29) is 0 Å². The van der Waals surface area contributed by atoms with Gasteiger partial charge in [0.05, 0.1) is 0 Å². The van der Waals surface area contributed by atoms with Crippen LogP contribution in [0.5, 0.6) is 0 Å². The Kier molecular flexibility index (Phi) is 11.0. The van der Waals surface area contributed by atoms with Crippen LogP contribution in [0.25, 0.3) is 0 Å². The Labute approximate surface area is 88.7 Å². The van der Waals surface area contributed by atoms with E-state index in [0.717, 1.165) is 5.57 Å². The normalized spacial score (nSPS) is 10.6. The van der Waals surface area contributed by atoms with E-state index in [4.69, 9.17) is 0 Å². The minimum absolute atomic E-state index is 1.10. The second kappa shape index (κ2) is 10.0. The summed E-state index contributed by atoms with van der Waals surface area (Å²) in [5, 5.41) is 0. The summed E-state index contributed by atoms with van der Waals surface area (Å²) in [4.78, 5) is 0. The predicted octanol–water partition coefficient (Wildman–Crippen LogP) is 3.61. The molecule has 0 amide bonds. The van der Waals surface area contributed by atoms with Gasteiger partial charge < -0.3 is 5.73 Å². The summed E-state index contributed by atoms with van der Waals surface area (Å²) in [5.74, 6) is 0. The molecule has 14 heavy (non-hydrogen) atoms. The van der Waals surface area contributed by atoms with Crippen LogP contribution < -0.4 is 5.73 Å². The molecule has 0 aromatic heterocycles. The highest BCUT2D eigenvalue weighted by atomic mass is 14.4. The van der Waals surface area contributed by atoms with E-state index in [2.05, 4.69) is 44.4 Å². The highest BCUT2D eigenvalue weighted by Crippen LogP contribution is 2.09. The van der Waals surface area contributed by atoms with Crippen molar-refractivity contribution >= 4 is 0 Å². The number of allylic oxidation sites excluding steroid dienone is 7. The third-order valence-electron chi connectivity index (χ3n) is 1.44. The fourth-order valence-electron chi connectivity index (χ4n) is 0.776. The first-order valence-electron chi connectivity index (χ1n) is 4.79. The molecular formula is C13H23N. The van der Waals surface area contributed by atoms with Crippen LogP contribution in [0, 0.1) is 0 Å². The van der Waals surface area contributed by atoms with Crippen LogP contribution in [0.2, 0.25) is 0 Å². The first kappa shape index (κ1) is 15.4. The molecule has 0 spiro atoms. The van der Waals surface area contributed by atoms with Crippen LogP contribution in [0.1, 0.15) is 27.7 Å². The summed E-state index contributed by atoms with van der Waals surface area (Å²) >= 11 is 0. The van der Waals surface area contributed by atoms with Gasteiger partial charge in [-0.15, -0.1) is 0 Å². The van der Waals surface area contributed by atoms with E-state index < -0.39 is 0 Å². The number of hydrogen-bond acceptors (Lipinski definition) is 1. The van der Waals surface area contributed by atoms with Crippen LogP contribution in [0.3, 0.4) is 0 Å². The van der Waals surface area contributed by atoms with E-state index >= 15 is 0 Å². The second-order valence-electron chi connectivity index (χ2n) is 3.15. The molecule has 0 aliphatic rings. The number of rotatable bonds is 3. The minimum Gasteiger partial charge on any atom is -0.333 e. The second-order valence-corrected chi connectivity index (χ2v) is 3.15. The van der Waals surface area contributed by atoms with Gasteiger partial charge in [-0.3, -0.25) is 0 Å². The lowest BCUT2D eigenvalue weighted by molar-refractivity contribution is 1.38. The number of hydrogen-bond donors (Lipinski definition) is 1. The topological polar surface area (TPSA) is 26.0 Å². The van der Waals surface area contributed by atoms with Crippen molar-refractivity contribution in [2.24, 2.45) is 5.73 Å². The van der Waals surface area contributed by atoms with E-state index in [1.54, 1.807) is 0 Å². The van der Waals surface area contributed by atoms with Gasteiger partial charge in [-0.1, -0.05) is 42.0 Å².